The molecule has 4 nitrogen and oxygen atoms in total. The van der Waals surface area contributed by atoms with E-state index in [2.05, 4.69) is 0 Å². The molecule has 0 bridgehead atoms. The Morgan fingerprint density at radius 1 is 0.964 bits per heavy atom. The van der Waals surface area contributed by atoms with Gasteiger partial charge in [0.15, 0.2) is 5.76 Å². The number of halogens is 2. The minimum atomic E-state index is -2.15. The molecule has 0 saturated carbocycles. The summed E-state index contributed by atoms with van der Waals surface area (Å²) in [6.07, 6.45) is -2.98. The quantitative estimate of drug-likeness (QED) is 0.480. The van der Waals surface area contributed by atoms with Crippen LogP contribution in [0, 0.1) is 5.92 Å². The zero-order valence-corrected chi connectivity index (χ0v) is 15.7. The highest BCUT2D eigenvalue weighted by Crippen LogP contribution is 2.27. The molecule has 2 aromatic carbocycles. The molecule has 0 aliphatic carbocycles. The lowest BCUT2D eigenvalue weighted by atomic mass is 9.94. The van der Waals surface area contributed by atoms with Crippen LogP contribution in [0.5, 0.6) is 0 Å². The van der Waals surface area contributed by atoms with Crippen molar-refractivity contribution in [3.05, 3.63) is 83.6 Å². The molecule has 2 atom stereocenters. The minimum Gasteiger partial charge on any atom is -0.487 e. The van der Waals surface area contributed by atoms with Gasteiger partial charge in [-0.15, -0.1) is 0 Å². The van der Waals surface area contributed by atoms with Gasteiger partial charge in [0.05, 0.1) is 12.7 Å². The number of carbonyl (C=O) groups is 1. The Labute approximate surface area is 163 Å². The second-order valence-corrected chi connectivity index (χ2v) is 6.22. The first-order valence-corrected chi connectivity index (χ1v) is 9.13. The molecule has 0 aromatic heterocycles. The summed E-state index contributed by atoms with van der Waals surface area (Å²) >= 11 is 0. The summed E-state index contributed by atoms with van der Waals surface area (Å²) in [6, 6.07) is 18.0. The highest BCUT2D eigenvalue weighted by Gasteiger charge is 2.36. The summed E-state index contributed by atoms with van der Waals surface area (Å²) in [4.78, 5) is 12.3. The Morgan fingerprint density at radius 2 is 1.54 bits per heavy atom. The van der Waals surface area contributed by atoms with Crippen LogP contribution in [0.25, 0.3) is 0 Å². The maximum Gasteiger partial charge on any atom is 0.319 e. The topological polar surface area (TPSA) is 55.8 Å². The average molecular weight is 390 g/mol. The van der Waals surface area contributed by atoms with E-state index in [1.54, 1.807) is 37.3 Å². The van der Waals surface area contributed by atoms with Gasteiger partial charge < -0.3 is 14.6 Å². The summed E-state index contributed by atoms with van der Waals surface area (Å²) in [5.41, 5.74) is 1.60. The van der Waals surface area contributed by atoms with E-state index in [0.717, 1.165) is 5.56 Å². The fraction of sp³-hybridized carbons (Fsp3) is 0.318. The minimum absolute atomic E-state index is 0.0145. The molecule has 0 spiro atoms. The van der Waals surface area contributed by atoms with Crippen LogP contribution in [0.3, 0.4) is 0 Å². The number of aryl methyl sites for hydroxylation is 1. The van der Waals surface area contributed by atoms with Gasteiger partial charge in [-0.05, 0) is 30.9 Å². The van der Waals surface area contributed by atoms with Crippen LogP contribution in [-0.2, 0) is 27.3 Å². The smallest absolute Gasteiger partial charge is 0.319 e. The number of hydrogen-bond donors (Lipinski definition) is 1. The number of ether oxygens (including phenoxy) is 2. The van der Waals surface area contributed by atoms with Crippen molar-refractivity contribution in [2.24, 2.45) is 5.92 Å². The van der Waals surface area contributed by atoms with Gasteiger partial charge in [0.25, 0.3) is 0 Å². The highest BCUT2D eigenvalue weighted by atomic mass is 19.3. The van der Waals surface area contributed by atoms with Crippen LogP contribution in [0.2, 0.25) is 0 Å². The lowest BCUT2D eigenvalue weighted by Gasteiger charge is -2.23. The van der Waals surface area contributed by atoms with Crippen molar-refractivity contribution in [2.45, 2.75) is 32.5 Å². The SMILES string of the molecule is CCOC(=O)[C@H](C(OCc1ccccc1)=C(F)F)[C@@H](O)CCc1ccccc1. The fourth-order valence-corrected chi connectivity index (χ4v) is 2.79. The Morgan fingerprint density at radius 3 is 2.07 bits per heavy atom. The first kappa shape index (κ1) is 21.6. The zero-order chi connectivity index (χ0) is 20.4. The summed E-state index contributed by atoms with van der Waals surface area (Å²) in [5.74, 6) is -3.36. The molecule has 0 heterocycles. The summed E-state index contributed by atoms with van der Waals surface area (Å²) in [5, 5.41) is 10.5. The van der Waals surface area contributed by atoms with Crippen molar-refractivity contribution >= 4 is 5.97 Å². The number of hydrogen-bond acceptors (Lipinski definition) is 4. The van der Waals surface area contributed by atoms with Crippen molar-refractivity contribution in [1.82, 2.24) is 0 Å². The number of rotatable bonds is 10. The molecule has 0 unspecified atom stereocenters. The van der Waals surface area contributed by atoms with Gasteiger partial charge in [-0.25, -0.2) is 0 Å². The normalized spacial score (nSPS) is 12.7. The van der Waals surface area contributed by atoms with Gasteiger partial charge >= 0.3 is 12.0 Å². The molecule has 0 radical (unpaired) electrons. The largest absolute Gasteiger partial charge is 0.487 e. The predicted molar refractivity (Wildman–Crippen MR) is 101 cm³/mol. The third-order valence-corrected chi connectivity index (χ3v) is 4.20. The van der Waals surface area contributed by atoms with Gasteiger partial charge in [-0.1, -0.05) is 60.7 Å². The molecule has 28 heavy (non-hydrogen) atoms. The maximum absolute atomic E-state index is 13.6. The van der Waals surface area contributed by atoms with Crippen LogP contribution in [0.1, 0.15) is 24.5 Å². The fourth-order valence-electron chi connectivity index (χ4n) is 2.79. The van der Waals surface area contributed by atoms with E-state index in [-0.39, 0.29) is 19.6 Å². The molecule has 6 heteroatoms. The molecule has 0 amide bonds. The molecule has 2 rings (SSSR count). The Balaban J connectivity index is 2.15. The van der Waals surface area contributed by atoms with E-state index < -0.39 is 29.8 Å². The molecule has 2 aromatic rings. The molecular weight excluding hydrogens is 366 g/mol. The molecule has 0 aliphatic rings. The molecule has 150 valence electrons. The highest BCUT2D eigenvalue weighted by molar-refractivity contribution is 5.76. The number of esters is 1. The van der Waals surface area contributed by atoms with Crippen LogP contribution >= 0.6 is 0 Å². The van der Waals surface area contributed by atoms with Gasteiger partial charge in [-0.2, -0.15) is 8.78 Å². The lowest BCUT2D eigenvalue weighted by Crippen LogP contribution is -2.33. The van der Waals surface area contributed by atoms with Crippen LogP contribution in [0.4, 0.5) is 8.78 Å². The molecule has 0 aliphatic heterocycles. The standard InChI is InChI=1S/C22H24F2O4/c1-2-27-22(26)19(18(25)14-13-16-9-5-3-6-10-16)20(21(23)24)28-15-17-11-7-4-8-12-17/h3-12,18-19,25H,2,13-15H2,1H3/t18-,19-/m0/s1. The van der Waals surface area contributed by atoms with Crippen molar-refractivity contribution < 1.29 is 28.2 Å². The second kappa shape index (κ2) is 11.2. The van der Waals surface area contributed by atoms with Gasteiger partial charge in [0, 0.05) is 0 Å². The average Bonchev–Trinajstić information content (AvgIpc) is 2.70. The van der Waals surface area contributed by atoms with Gasteiger partial charge in [-0.3, -0.25) is 4.79 Å². The summed E-state index contributed by atoms with van der Waals surface area (Å²) in [6.45, 7) is 1.45. The Bertz CT molecular complexity index is 759. The number of aliphatic hydroxyl groups is 1. The number of aliphatic hydroxyl groups excluding tert-OH is 1. The van der Waals surface area contributed by atoms with E-state index >= 15 is 0 Å². The molecule has 0 fully saturated rings. The second-order valence-electron chi connectivity index (χ2n) is 6.22. The number of benzene rings is 2. The third kappa shape index (κ3) is 6.46. The van der Waals surface area contributed by atoms with Crippen molar-refractivity contribution in [2.75, 3.05) is 6.61 Å². The van der Waals surface area contributed by atoms with E-state index in [9.17, 15) is 18.7 Å². The lowest BCUT2D eigenvalue weighted by molar-refractivity contribution is -0.152. The van der Waals surface area contributed by atoms with Crippen LogP contribution < -0.4 is 0 Å². The number of carbonyl (C=O) groups excluding carboxylic acids is 1. The van der Waals surface area contributed by atoms with Crippen molar-refractivity contribution in [3.63, 3.8) is 0 Å². The van der Waals surface area contributed by atoms with Crippen LogP contribution in [0.15, 0.2) is 72.5 Å². The zero-order valence-electron chi connectivity index (χ0n) is 15.7. The molecule has 0 saturated heterocycles. The molecular formula is C22H24F2O4. The van der Waals surface area contributed by atoms with Crippen molar-refractivity contribution in [1.29, 1.82) is 0 Å². The predicted octanol–water partition coefficient (Wildman–Crippen LogP) is 4.48. The summed E-state index contributed by atoms with van der Waals surface area (Å²) < 4.78 is 37.4. The monoisotopic (exact) mass is 390 g/mol. The Hall–Kier alpha value is -2.73. The molecule has 1 N–H and O–H groups in total. The van der Waals surface area contributed by atoms with Crippen LogP contribution in [-0.4, -0.2) is 23.8 Å². The van der Waals surface area contributed by atoms with Crippen molar-refractivity contribution in [3.8, 4) is 0 Å². The van der Waals surface area contributed by atoms with E-state index in [1.807, 2.05) is 30.3 Å². The Kier molecular flexibility index (Phi) is 8.62. The summed E-state index contributed by atoms with van der Waals surface area (Å²) in [7, 11) is 0. The van der Waals surface area contributed by atoms with Gasteiger partial charge in [0.2, 0.25) is 0 Å². The van der Waals surface area contributed by atoms with E-state index in [4.69, 9.17) is 9.47 Å². The maximum atomic E-state index is 13.6. The van der Waals surface area contributed by atoms with E-state index in [1.165, 1.54) is 0 Å². The third-order valence-electron chi connectivity index (χ3n) is 4.20. The van der Waals surface area contributed by atoms with E-state index in [0.29, 0.717) is 12.0 Å². The first-order valence-electron chi connectivity index (χ1n) is 9.13. The first-order chi connectivity index (χ1) is 13.5. The van der Waals surface area contributed by atoms with Gasteiger partial charge in [0.1, 0.15) is 12.5 Å².